The van der Waals surface area contributed by atoms with Gasteiger partial charge in [0, 0.05) is 0 Å². The summed E-state index contributed by atoms with van der Waals surface area (Å²) in [6.07, 6.45) is 9.78. The van der Waals surface area contributed by atoms with Gasteiger partial charge in [0.25, 0.3) is 0 Å². The SMILES string of the molecule is CC(=O)/C=C\C=C(/C)CCC=C(C)C. The zero-order chi connectivity index (χ0) is 11.0. The summed E-state index contributed by atoms with van der Waals surface area (Å²) in [6, 6.07) is 0. The molecule has 1 nitrogen and oxygen atoms in total. The Morgan fingerprint density at radius 1 is 1.14 bits per heavy atom. The molecule has 0 aromatic carbocycles. The molecular weight excluding hydrogens is 172 g/mol. The predicted molar refractivity (Wildman–Crippen MR) is 62.2 cm³/mol. The van der Waals surface area contributed by atoms with E-state index in [2.05, 4.69) is 26.8 Å². The van der Waals surface area contributed by atoms with Crippen LogP contribution in [0.3, 0.4) is 0 Å². The van der Waals surface area contributed by atoms with E-state index in [1.165, 1.54) is 11.1 Å². The van der Waals surface area contributed by atoms with Gasteiger partial charge >= 0.3 is 0 Å². The highest BCUT2D eigenvalue weighted by Crippen LogP contribution is 2.06. The Kier molecular flexibility index (Phi) is 6.73. The first kappa shape index (κ1) is 12.9. The fourth-order valence-corrected chi connectivity index (χ4v) is 1.02. The number of rotatable bonds is 5. The van der Waals surface area contributed by atoms with Crippen LogP contribution >= 0.6 is 0 Å². The Hall–Kier alpha value is -1.11. The number of ketones is 1. The minimum atomic E-state index is 0.0957. The topological polar surface area (TPSA) is 17.1 Å². The summed E-state index contributed by atoms with van der Waals surface area (Å²) in [7, 11) is 0. The Balaban J connectivity index is 3.90. The highest BCUT2D eigenvalue weighted by molar-refractivity contribution is 5.87. The average Bonchev–Trinajstić information content (AvgIpc) is 2.02. The number of hydrogen-bond donors (Lipinski definition) is 0. The van der Waals surface area contributed by atoms with Gasteiger partial charge < -0.3 is 0 Å². The van der Waals surface area contributed by atoms with Gasteiger partial charge in [-0.15, -0.1) is 0 Å². The largest absolute Gasteiger partial charge is 0.295 e. The Labute approximate surface area is 87.2 Å². The van der Waals surface area contributed by atoms with Crippen LogP contribution in [-0.2, 0) is 4.79 Å². The second kappa shape index (κ2) is 7.31. The zero-order valence-electron chi connectivity index (χ0n) is 9.63. The van der Waals surface area contributed by atoms with Crippen LogP contribution in [-0.4, -0.2) is 5.78 Å². The fraction of sp³-hybridized carbons (Fsp3) is 0.462. The standard InChI is InChI=1S/C13H20O/c1-11(2)7-5-8-12(3)9-6-10-13(4)14/h6-7,9-10H,5,8H2,1-4H3/b10-6-,12-9+. The van der Waals surface area contributed by atoms with Crippen molar-refractivity contribution in [3.63, 3.8) is 0 Å². The molecule has 0 N–H and O–H groups in total. The number of hydrogen-bond acceptors (Lipinski definition) is 1. The van der Waals surface area contributed by atoms with E-state index in [-0.39, 0.29) is 5.78 Å². The molecule has 0 heterocycles. The van der Waals surface area contributed by atoms with E-state index in [1.54, 1.807) is 13.0 Å². The van der Waals surface area contributed by atoms with Crippen molar-refractivity contribution < 1.29 is 4.79 Å². The molecule has 0 saturated heterocycles. The monoisotopic (exact) mass is 192 g/mol. The molecule has 0 spiro atoms. The van der Waals surface area contributed by atoms with Gasteiger partial charge in [0.2, 0.25) is 0 Å². The van der Waals surface area contributed by atoms with E-state index >= 15 is 0 Å². The van der Waals surface area contributed by atoms with Crippen LogP contribution in [0.25, 0.3) is 0 Å². The van der Waals surface area contributed by atoms with Crippen molar-refractivity contribution in [1.29, 1.82) is 0 Å². The van der Waals surface area contributed by atoms with Crippen LogP contribution in [0.15, 0.2) is 35.5 Å². The maximum Gasteiger partial charge on any atom is 0.152 e. The quantitative estimate of drug-likeness (QED) is 0.367. The third-order valence-corrected chi connectivity index (χ3v) is 1.80. The lowest BCUT2D eigenvalue weighted by Crippen LogP contribution is -1.79. The maximum absolute atomic E-state index is 10.6. The van der Waals surface area contributed by atoms with Crippen LogP contribution in [0, 0.1) is 0 Å². The van der Waals surface area contributed by atoms with E-state index in [9.17, 15) is 4.79 Å². The first-order valence-corrected chi connectivity index (χ1v) is 5.00. The lowest BCUT2D eigenvalue weighted by Gasteiger charge is -1.96. The van der Waals surface area contributed by atoms with Crippen LogP contribution in [0.5, 0.6) is 0 Å². The van der Waals surface area contributed by atoms with Gasteiger partial charge in [0.15, 0.2) is 5.78 Å². The minimum Gasteiger partial charge on any atom is -0.295 e. The molecule has 1 heteroatoms. The molecule has 0 atom stereocenters. The molecule has 0 amide bonds. The molecule has 0 saturated carbocycles. The Bertz CT molecular complexity index is 263. The summed E-state index contributed by atoms with van der Waals surface area (Å²) in [5.74, 6) is 0.0957. The lowest BCUT2D eigenvalue weighted by atomic mass is 10.1. The Morgan fingerprint density at radius 2 is 1.79 bits per heavy atom. The molecule has 0 aromatic heterocycles. The summed E-state index contributed by atoms with van der Waals surface area (Å²) < 4.78 is 0. The molecule has 78 valence electrons. The molecule has 0 aromatic rings. The van der Waals surface area contributed by atoms with E-state index in [0.717, 1.165) is 12.8 Å². The molecule has 0 radical (unpaired) electrons. The number of carbonyl (C=O) groups is 1. The van der Waals surface area contributed by atoms with Gasteiger partial charge in [-0.2, -0.15) is 0 Å². The van der Waals surface area contributed by atoms with E-state index in [4.69, 9.17) is 0 Å². The van der Waals surface area contributed by atoms with Gasteiger partial charge in [0.05, 0.1) is 0 Å². The molecule has 0 aliphatic carbocycles. The first-order chi connectivity index (χ1) is 6.52. The molecule has 0 fully saturated rings. The summed E-state index contributed by atoms with van der Waals surface area (Å²) in [5, 5.41) is 0. The van der Waals surface area contributed by atoms with Crippen molar-refractivity contribution in [2.75, 3.05) is 0 Å². The lowest BCUT2D eigenvalue weighted by molar-refractivity contribution is -0.112. The third kappa shape index (κ3) is 8.98. The normalized spacial score (nSPS) is 11.9. The summed E-state index contributed by atoms with van der Waals surface area (Å²) >= 11 is 0. The molecule has 0 aliphatic rings. The molecule has 14 heavy (non-hydrogen) atoms. The molecule has 0 rings (SSSR count). The smallest absolute Gasteiger partial charge is 0.152 e. The van der Waals surface area contributed by atoms with Crippen molar-refractivity contribution in [1.82, 2.24) is 0 Å². The molecule has 0 bridgehead atoms. The van der Waals surface area contributed by atoms with E-state index < -0.39 is 0 Å². The predicted octanol–water partition coefficient (Wildman–Crippen LogP) is 3.82. The van der Waals surface area contributed by atoms with E-state index in [1.807, 2.05) is 12.2 Å². The zero-order valence-corrected chi connectivity index (χ0v) is 9.63. The van der Waals surface area contributed by atoms with Crippen molar-refractivity contribution in [2.45, 2.75) is 40.5 Å². The molecule has 0 unspecified atom stereocenters. The summed E-state index contributed by atoms with van der Waals surface area (Å²) in [6.45, 7) is 7.86. The minimum absolute atomic E-state index is 0.0957. The van der Waals surface area contributed by atoms with Gasteiger partial charge in [-0.1, -0.05) is 29.4 Å². The van der Waals surface area contributed by atoms with Crippen LogP contribution in [0.4, 0.5) is 0 Å². The van der Waals surface area contributed by atoms with Crippen molar-refractivity contribution in [2.24, 2.45) is 0 Å². The van der Waals surface area contributed by atoms with Gasteiger partial charge in [0.1, 0.15) is 0 Å². The highest BCUT2D eigenvalue weighted by Gasteiger charge is 1.87. The van der Waals surface area contributed by atoms with Crippen molar-refractivity contribution >= 4 is 5.78 Å². The van der Waals surface area contributed by atoms with Crippen LogP contribution in [0.1, 0.15) is 40.5 Å². The van der Waals surface area contributed by atoms with Crippen molar-refractivity contribution in [3.05, 3.63) is 35.5 Å². The molecular formula is C13H20O. The second-order valence-corrected chi connectivity index (χ2v) is 3.80. The average molecular weight is 192 g/mol. The van der Waals surface area contributed by atoms with Crippen LogP contribution < -0.4 is 0 Å². The Morgan fingerprint density at radius 3 is 2.29 bits per heavy atom. The summed E-state index contributed by atoms with van der Waals surface area (Å²) in [4.78, 5) is 10.6. The van der Waals surface area contributed by atoms with Crippen LogP contribution in [0.2, 0.25) is 0 Å². The first-order valence-electron chi connectivity index (χ1n) is 5.00. The summed E-state index contributed by atoms with van der Waals surface area (Å²) in [5.41, 5.74) is 2.66. The fourth-order valence-electron chi connectivity index (χ4n) is 1.02. The molecule has 0 aliphatic heterocycles. The van der Waals surface area contributed by atoms with Gasteiger partial charge in [-0.3, -0.25) is 4.79 Å². The van der Waals surface area contributed by atoms with Crippen molar-refractivity contribution in [3.8, 4) is 0 Å². The third-order valence-electron chi connectivity index (χ3n) is 1.80. The van der Waals surface area contributed by atoms with Gasteiger partial charge in [-0.25, -0.2) is 0 Å². The maximum atomic E-state index is 10.6. The highest BCUT2D eigenvalue weighted by atomic mass is 16.1. The number of allylic oxidation sites excluding steroid dienone is 6. The van der Waals surface area contributed by atoms with E-state index in [0.29, 0.717) is 0 Å². The number of carbonyl (C=O) groups excluding carboxylic acids is 1. The second-order valence-electron chi connectivity index (χ2n) is 3.80. The van der Waals surface area contributed by atoms with Gasteiger partial charge in [-0.05, 0) is 46.6 Å².